The second-order valence-electron chi connectivity index (χ2n) is 9.03. The van der Waals surface area contributed by atoms with Crippen molar-refractivity contribution in [2.45, 2.75) is 20.0 Å². The SMILES string of the molecule is Cc1cccc(Cn2cccc(C(=O)Nc3ccc4c(ccn4CCN4CCOCC4)c3)c2=O)c1. The lowest BCUT2D eigenvalue weighted by atomic mass is 10.1. The second-order valence-corrected chi connectivity index (χ2v) is 9.03. The number of morpholine rings is 1. The molecule has 1 N–H and O–H groups in total. The largest absolute Gasteiger partial charge is 0.379 e. The molecule has 3 heterocycles. The standard InChI is InChI=1S/C28H30N4O3/c1-21-4-2-5-22(18-21)20-32-10-3-6-25(28(32)34)27(33)29-24-7-8-26-23(19-24)9-11-31(26)13-12-30-14-16-35-17-15-30/h2-11,18-19H,12-17,20H2,1H3,(H,29,33). The number of ether oxygens (including phenoxy) is 1. The van der Waals surface area contributed by atoms with Crippen LogP contribution in [0.1, 0.15) is 21.5 Å². The first-order valence-electron chi connectivity index (χ1n) is 12.0. The third kappa shape index (κ3) is 5.37. The first kappa shape index (κ1) is 23.1. The maximum Gasteiger partial charge on any atom is 0.263 e. The molecule has 7 nitrogen and oxygen atoms in total. The molecule has 7 heteroatoms. The van der Waals surface area contributed by atoms with Crippen molar-refractivity contribution in [1.29, 1.82) is 0 Å². The summed E-state index contributed by atoms with van der Waals surface area (Å²) >= 11 is 0. The van der Waals surface area contributed by atoms with Gasteiger partial charge in [-0.25, -0.2) is 0 Å². The summed E-state index contributed by atoms with van der Waals surface area (Å²) in [6.45, 7) is 7.87. The molecule has 1 aliphatic rings. The molecule has 0 atom stereocenters. The fourth-order valence-corrected chi connectivity index (χ4v) is 4.59. The van der Waals surface area contributed by atoms with Crippen molar-refractivity contribution in [3.63, 3.8) is 0 Å². The van der Waals surface area contributed by atoms with Crippen molar-refractivity contribution in [3.05, 3.63) is 100 Å². The molecule has 0 aliphatic carbocycles. The number of fused-ring (bicyclic) bond motifs is 1. The Hall–Kier alpha value is -3.68. The topological polar surface area (TPSA) is 68.5 Å². The number of hydrogen-bond acceptors (Lipinski definition) is 4. The van der Waals surface area contributed by atoms with Crippen LogP contribution in [-0.4, -0.2) is 52.8 Å². The minimum absolute atomic E-state index is 0.128. The normalized spacial score (nSPS) is 14.3. The molecule has 5 rings (SSSR count). The van der Waals surface area contributed by atoms with E-state index in [0.29, 0.717) is 12.2 Å². The first-order valence-corrected chi connectivity index (χ1v) is 12.0. The fraction of sp³-hybridized carbons (Fsp3) is 0.286. The number of amides is 1. The smallest absolute Gasteiger partial charge is 0.263 e. The fourth-order valence-electron chi connectivity index (χ4n) is 4.59. The summed E-state index contributed by atoms with van der Waals surface area (Å²) in [5.41, 5.74) is 3.77. The second kappa shape index (κ2) is 10.3. The van der Waals surface area contributed by atoms with Crippen molar-refractivity contribution in [2.75, 3.05) is 38.2 Å². The summed E-state index contributed by atoms with van der Waals surface area (Å²) in [7, 11) is 0. The highest BCUT2D eigenvalue weighted by Gasteiger charge is 2.14. The van der Waals surface area contributed by atoms with Gasteiger partial charge < -0.3 is 19.2 Å². The molecular weight excluding hydrogens is 440 g/mol. The van der Waals surface area contributed by atoms with Gasteiger partial charge in [0.05, 0.1) is 19.8 Å². The van der Waals surface area contributed by atoms with Crippen molar-refractivity contribution in [2.24, 2.45) is 0 Å². The number of rotatable bonds is 7. The lowest BCUT2D eigenvalue weighted by molar-refractivity contribution is 0.0365. The van der Waals surface area contributed by atoms with Gasteiger partial charge in [0.1, 0.15) is 5.56 Å². The number of pyridine rings is 1. The van der Waals surface area contributed by atoms with Crippen LogP contribution in [0.25, 0.3) is 10.9 Å². The van der Waals surface area contributed by atoms with E-state index in [0.717, 1.165) is 61.4 Å². The lowest BCUT2D eigenvalue weighted by Gasteiger charge is -2.26. The zero-order valence-electron chi connectivity index (χ0n) is 19.9. The van der Waals surface area contributed by atoms with E-state index >= 15 is 0 Å². The summed E-state index contributed by atoms with van der Waals surface area (Å²) < 4.78 is 9.23. The predicted molar refractivity (Wildman–Crippen MR) is 138 cm³/mol. The number of aromatic nitrogens is 2. The lowest BCUT2D eigenvalue weighted by Crippen LogP contribution is -2.38. The Kier molecular flexibility index (Phi) is 6.79. The van der Waals surface area contributed by atoms with Gasteiger partial charge in [-0.1, -0.05) is 29.8 Å². The number of benzene rings is 2. The minimum atomic E-state index is -0.403. The third-order valence-corrected chi connectivity index (χ3v) is 6.49. The maximum atomic E-state index is 13.0. The molecule has 2 aromatic heterocycles. The highest BCUT2D eigenvalue weighted by molar-refractivity contribution is 6.04. The Morgan fingerprint density at radius 2 is 1.80 bits per heavy atom. The Balaban J connectivity index is 1.28. The number of aryl methyl sites for hydroxylation is 1. The average Bonchev–Trinajstić information content (AvgIpc) is 3.27. The van der Waals surface area contributed by atoms with Gasteiger partial charge in [-0.15, -0.1) is 0 Å². The summed E-state index contributed by atoms with van der Waals surface area (Å²) in [5, 5.41) is 3.95. The molecule has 180 valence electrons. The number of carbonyl (C=O) groups excluding carboxylic acids is 1. The van der Waals surface area contributed by atoms with Gasteiger partial charge in [0, 0.05) is 55.2 Å². The highest BCUT2D eigenvalue weighted by atomic mass is 16.5. The molecule has 4 aromatic rings. The Morgan fingerprint density at radius 3 is 2.63 bits per heavy atom. The van der Waals surface area contributed by atoms with Crippen LogP contribution in [0.15, 0.2) is 77.9 Å². The molecule has 0 unspecified atom stereocenters. The molecule has 0 bridgehead atoms. The van der Waals surface area contributed by atoms with Crippen molar-refractivity contribution in [3.8, 4) is 0 Å². The Morgan fingerprint density at radius 1 is 0.943 bits per heavy atom. The van der Waals surface area contributed by atoms with Gasteiger partial charge in [-0.2, -0.15) is 0 Å². The van der Waals surface area contributed by atoms with Crippen LogP contribution in [-0.2, 0) is 17.8 Å². The van der Waals surface area contributed by atoms with Gasteiger partial charge >= 0.3 is 0 Å². The van der Waals surface area contributed by atoms with E-state index in [1.807, 2.05) is 49.4 Å². The van der Waals surface area contributed by atoms with Crippen LogP contribution in [0.5, 0.6) is 0 Å². The van der Waals surface area contributed by atoms with E-state index < -0.39 is 5.91 Å². The van der Waals surface area contributed by atoms with Gasteiger partial charge in [-0.3, -0.25) is 14.5 Å². The Bertz CT molecular complexity index is 1400. The number of carbonyl (C=O) groups is 1. The van der Waals surface area contributed by atoms with E-state index in [1.54, 1.807) is 22.9 Å². The van der Waals surface area contributed by atoms with E-state index in [9.17, 15) is 9.59 Å². The summed E-state index contributed by atoms with van der Waals surface area (Å²) in [6, 6.07) is 19.2. The third-order valence-electron chi connectivity index (χ3n) is 6.49. The molecule has 1 aliphatic heterocycles. The molecule has 0 saturated carbocycles. The van der Waals surface area contributed by atoms with Crippen LogP contribution >= 0.6 is 0 Å². The zero-order chi connectivity index (χ0) is 24.2. The van der Waals surface area contributed by atoms with Gasteiger partial charge in [0.2, 0.25) is 0 Å². The molecule has 2 aromatic carbocycles. The van der Waals surface area contributed by atoms with E-state index in [1.165, 1.54) is 0 Å². The highest BCUT2D eigenvalue weighted by Crippen LogP contribution is 2.21. The van der Waals surface area contributed by atoms with Crippen molar-refractivity contribution >= 4 is 22.5 Å². The van der Waals surface area contributed by atoms with E-state index in [2.05, 4.69) is 27.0 Å². The predicted octanol–water partition coefficient (Wildman–Crippen LogP) is 3.74. The van der Waals surface area contributed by atoms with Crippen LogP contribution in [0.4, 0.5) is 5.69 Å². The van der Waals surface area contributed by atoms with Crippen molar-refractivity contribution in [1.82, 2.24) is 14.0 Å². The minimum Gasteiger partial charge on any atom is -0.379 e. The number of nitrogens with one attached hydrogen (secondary N) is 1. The molecule has 1 saturated heterocycles. The van der Waals surface area contributed by atoms with Crippen LogP contribution in [0.2, 0.25) is 0 Å². The van der Waals surface area contributed by atoms with Crippen LogP contribution < -0.4 is 10.9 Å². The molecule has 35 heavy (non-hydrogen) atoms. The van der Waals surface area contributed by atoms with E-state index in [-0.39, 0.29) is 11.1 Å². The van der Waals surface area contributed by atoms with Gasteiger partial charge in [0.15, 0.2) is 0 Å². The molecule has 1 fully saturated rings. The van der Waals surface area contributed by atoms with Gasteiger partial charge in [0.25, 0.3) is 11.5 Å². The monoisotopic (exact) mass is 470 g/mol. The van der Waals surface area contributed by atoms with E-state index in [4.69, 9.17) is 4.74 Å². The summed E-state index contributed by atoms with van der Waals surface area (Å²) in [4.78, 5) is 28.4. The van der Waals surface area contributed by atoms with Crippen LogP contribution in [0.3, 0.4) is 0 Å². The quantitative estimate of drug-likeness (QED) is 0.447. The maximum absolute atomic E-state index is 13.0. The number of hydrogen-bond donors (Lipinski definition) is 1. The molecular formula is C28H30N4O3. The summed E-state index contributed by atoms with van der Waals surface area (Å²) in [6.07, 6.45) is 3.80. The molecule has 0 radical (unpaired) electrons. The molecule has 1 amide bonds. The van der Waals surface area contributed by atoms with Crippen LogP contribution in [0, 0.1) is 6.92 Å². The first-order chi connectivity index (χ1) is 17.1. The molecule has 0 spiro atoms. The number of anilines is 1. The van der Waals surface area contributed by atoms with Crippen molar-refractivity contribution < 1.29 is 9.53 Å². The zero-order valence-corrected chi connectivity index (χ0v) is 19.9. The average molecular weight is 471 g/mol. The van der Waals surface area contributed by atoms with Gasteiger partial charge in [-0.05, 0) is 48.9 Å². The Labute approximate surface area is 204 Å². The number of nitrogens with zero attached hydrogens (tertiary/aromatic N) is 3. The summed E-state index contributed by atoms with van der Waals surface area (Å²) in [5.74, 6) is -0.403.